The van der Waals surface area contributed by atoms with Crippen LogP contribution in [0.2, 0.25) is 0 Å². The molecule has 0 saturated heterocycles. The van der Waals surface area contributed by atoms with E-state index < -0.39 is 0 Å². The van der Waals surface area contributed by atoms with Crippen LogP contribution in [0.1, 0.15) is 24.4 Å². The number of pyridine rings is 1. The number of aromatic nitrogens is 3. The summed E-state index contributed by atoms with van der Waals surface area (Å²) in [7, 11) is 2.21. The maximum atomic E-state index is 5.91. The molecule has 2 aromatic rings. The summed E-state index contributed by atoms with van der Waals surface area (Å²) >= 11 is 5.91. The van der Waals surface area contributed by atoms with Gasteiger partial charge >= 0.3 is 0 Å². The van der Waals surface area contributed by atoms with Crippen molar-refractivity contribution in [2.24, 2.45) is 0 Å². The van der Waals surface area contributed by atoms with Crippen LogP contribution >= 0.6 is 11.6 Å². The molecule has 1 aliphatic rings. The number of imidazole rings is 1. The van der Waals surface area contributed by atoms with E-state index in [0.717, 1.165) is 48.2 Å². The van der Waals surface area contributed by atoms with Gasteiger partial charge in [0.25, 0.3) is 0 Å². The lowest BCUT2D eigenvalue weighted by molar-refractivity contribution is 0.309. The zero-order valence-corrected chi connectivity index (χ0v) is 12.9. The van der Waals surface area contributed by atoms with Gasteiger partial charge in [-0.05, 0) is 38.9 Å². The van der Waals surface area contributed by atoms with Gasteiger partial charge in [0.05, 0.1) is 0 Å². The van der Waals surface area contributed by atoms with Gasteiger partial charge in [-0.1, -0.05) is 0 Å². The molecule has 108 valence electrons. The number of fused-ring (bicyclic) bond motifs is 1. The number of nitrogens with zero attached hydrogens (tertiary/aromatic N) is 4. The normalized spacial score (nSPS) is 15.4. The molecule has 0 atom stereocenters. The Morgan fingerprint density at radius 2 is 2.15 bits per heavy atom. The second-order valence-electron chi connectivity index (χ2n) is 5.63. The first-order valence-electron chi connectivity index (χ1n) is 7.28. The van der Waals surface area contributed by atoms with E-state index in [1.165, 1.54) is 12.8 Å². The third-order valence-corrected chi connectivity index (χ3v) is 4.16. The van der Waals surface area contributed by atoms with Crippen LogP contribution in [0.15, 0.2) is 12.1 Å². The monoisotopic (exact) mass is 292 g/mol. The van der Waals surface area contributed by atoms with Crippen LogP contribution in [0.4, 0.5) is 0 Å². The van der Waals surface area contributed by atoms with Crippen molar-refractivity contribution < 1.29 is 0 Å². The molecule has 0 aliphatic heterocycles. The minimum atomic E-state index is 0.598. The van der Waals surface area contributed by atoms with Gasteiger partial charge in [-0.2, -0.15) is 0 Å². The van der Waals surface area contributed by atoms with Crippen molar-refractivity contribution in [2.75, 3.05) is 19.5 Å². The van der Waals surface area contributed by atoms with Gasteiger partial charge < -0.3 is 9.47 Å². The van der Waals surface area contributed by atoms with Crippen LogP contribution in [0.5, 0.6) is 0 Å². The Morgan fingerprint density at radius 3 is 2.85 bits per heavy atom. The topological polar surface area (TPSA) is 34.0 Å². The molecule has 0 bridgehead atoms. The standard InChI is InChI=1S/C15H21ClN4/c1-11-3-6-13-15(17-11)20(14(18-13)7-8-16)10-9-19(2)12-4-5-12/h3,6,12H,4-5,7-10H2,1-2H3. The zero-order chi connectivity index (χ0) is 14.1. The SMILES string of the molecule is Cc1ccc2nc(CCCl)n(CCN(C)C3CC3)c2n1. The molecule has 0 amide bonds. The first kappa shape index (κ1) is 13.8. The lowest BCUT2D eigenvalue weighted by atomic mass is 10.3. The van der Waals surface area contributed by atoms with E-state index in [1.807, 2.05) is 13.0 Å². The quantitative estimate of drug-likeness (QED) is 0.768. The Bertz CT molecular complexity index is 603. The first-order chi connectivity index (χ1) is 9.69. The number of aryl methyl sites for hydroxylation is 2. The minimum Gasteiger partial charge on any atom is -0.311 e. The molecule has 1 saturated carbocycles. The summed E-state index contributed by atoms with van der Waals surface area (Å²) in [4.78, 5) is 11.8. The van der Waals surface area contributed by atoms with Crippen molar-refractivity contribution in [3.63, 3.8) is 0 Å². The summed E-state index contributed by atoms with van der Waals surface area (Å²) in [5, 5.41) is 0. The lowest BCUT2D eigenvalue weighted by Gasteiger charge is -2.17. The van der Waals surface area contributed by atoms with Crippen LogP contribution in [0.3, 0.4) is 0 Å². The Labute approximate surface area is 124 Å². The maximum absolute atomic E-state index is 5.91. The Balaban J connectivity index is 1.88. The molecule has 1 fully saturated rings. The molecule has 0 aromatic carbocycles. The van der Waals surface area contributed by atoms with Crippen LogP contribution < -0.4 is 0 Å². The van der Waals surface area contributed by atoms with E-state index >= 15 is 0 Å². The fourth-order valence-electron chi connectivity index (χ4n) is 2.61. The summed E-state index contributed by atoms with van der Waals surface area (Å²) in [5.41, 5.74) is 3.01. The van der Waals surface area contributed by atoms with E-state index in [9.17, 15) is 0 Å². The third kappa shape index (κ3) is 2.81. The van der Waals surface area contributed by atoms with Crippen molar-refractivity contribution in [2.45, 2.75) is 38.8 Å². The molecule has 3 rings (SSSR count). The first-order valence-corrected chi connectivity index (χ1v) is 7.81. The highest BCUT2D eigenvalue weighted by molar-refractivity contribution is 6.17. The summed E-state index contributed by atoms with van der Waals surface area (Å²) in [5.74, 6) is 1.65. The molecule has 0 spiro atoms. The second-order valence-corrected chi connectivity index (χ2v) is 6.00. The molecule has 0 N–H and O–H groups in total. The molecular weight excluding hydrogens is 272 g/mol. The largest absolute Gasteiger partial charge is 0.311 e. The summed E-state index contributed by atoms with van der Waals surface area (Å²) in [6, 6.07) is 4.85. The molecule has 4 nitrogen and oxygen atoms in total. The van der Waals surface area contributed by atoms with Crippen molar-refractivity contribution in [1.82, 2.24) is 19.4 Å². The summed E-state index contributed by atoms with van der Waals surface area (Å²) < 4.78 is 2.24. The van der Waals surface area contributed by atoms with Gasteiger partial charge in [0.1, 0.15) is 11.3 Å². The van der Waals surface area contributed by atoms with E-state index in [0.29, 0.717) is 5.88 Å². The number of halogens is 1. The van der Waals surface area contributed by atoms with E-state index in [-0.39, 0.29) is 0 Å². The average Bonchev–Trinajstić information content (AvgIpc) is 3.21. The van der Waals surface area contributed by atoms with E-state index in [4.69, 9.17) is 11.6 Å². The summed E-state index contributed by atoms with van der Waals surface area (Å²) in [6.45, 7) is 4.00. The van der Waals surface area contributed by atoms with Gasteiger partial charge in [-0.15, -0.1) is 11.6 Å². The fraction of sp³-hybridized carbons (Fsp3) is 0.600. The Hall–Kier alpha value is -1.13. The highest BCUT2D eigenvalue weighted by Gasteiger charge is 2.26. The molecule has 2 heterocycles. The average molecular weight is 293 g/mol. The van der Waals surface area contributed by atoms with Crippen molar-refractivity contribution >= 4 is 22.8 Å². The summed E-state index contributed by atoms with van der Waals surface area (Å²) in [6.07, 6.45) is 3.48. The lowest BCUT2D eigenvalue weighted by Crippen LogP contribution is -2.26. The number of hydrogen-bond donors (Lipinski definition) is 0. The maximum Gasteiger partial charge on any atom is 0.160 e. The minimum absolute atomic E-state index is 0.598. The highest BCUT2D eigenvalue weighted by atomic mass is 35.5. The molecule has 0 unspecified atom stereocenters. The number of alkyl halides is 1. The molecule has 2 aromatic heterocycles. The molecular formula is C15H21ClN4. The van der Waals surface area contributed by atoms with Gasteiger partial charge in [0.2, 0.25) is 0 Å². The molecule has 1 aliphatic carbocycles. The van der Waals surface area contributed by atoms with Crippen molar-refractivity contribution in [3.05, 3.63) is 23.7 Å². The highest BCUT2D eigenvalue weighted by Crippen LogP contribution is 2.25. The van der Waals surface area contributed by atoms with Gasteiger partial charge in [0, 0.05) is 37.1 Å². The number of likely N-dealkylation sites (N-methyl/N-ethyl adjacent to an activating group) is 1. The smallest absolute Gasteiger partial charge is 0.160 e. The van der Waals surface area contributed by atoms with Crippen LogP contribution in [0.25, 0.3) is 11.2 Å². The molecule has 20 heavy (non-hydrogen) atoms. The van der Waals surface area contributed by atoms with Crippen LogP contribution in [0, 0.1) is 6.92 Å². The van der Waals surface area contributed by atoms with Crippen LogP contribution in [-0.4, -0.2) is 44.9 Å². The fourth-order valence-corrected chi connectivity index (χ4v) is 2.78. The number of hydrogen-bond acceptors (Lipinski definition) is 3. The Kier molecular flexibility index (Phi) is 3.94. The van der Waals surface area contributed by atoms with Gasteiger partial charge in [-0.3, -0.25) is 0 Å². The molecule has 0 radical (unpaired) electrons. The van der Waals surface area contributed by atoms with E-state index in [1.54, 1.807) is 0 Å². The van der Waals surface area contributed by atoms with Crippen molar-refractivity contribution in [1.29, 1.82) is 0 Å². The van der Waals surface area contributed by atoms with Crippen LogP contribution in [-0.2, 0) is 13.0 Å². The van der Waals surface area contributed by atoms with Gasteiger partial charge in [0.15, 0.2) is 5.65 Å². The van der Waals surface area contributed by atoms with E-state index in [2.05, 4.69) is 32.5 Å². The Morgan fingerprint density at radius 1 is 1.35 bits per heavy atom. The number of rotatable bonds is 6. The van der Waals surface area contributed by atoms with Crippen molar-refractivity contribution in [3.8, 4) is 0 Å². The zero-order valence-electron chi connectivity index (χ0n) is 12.1. The predicted molar refractivity (Wildman–Crippen MR) is 82.3 cm³/mol. The third-order valence-electron chi connectivity index (χ3n) is 3.98. The predicted octanol–water partition coefficient (Wildman–Crippen LogP) is 2.62. The second kappa shape index (κ2) is 5.70. The molecule has 5 heteroatoms. The van der Waals surface area contributed by atoms with Gasteiger partial charge in [-0.25, -0.2) is 9.97 Å².